The van der Waals surface area contributed by atoms with Crippen LogP contribution in [0.4, 0.5) is 16.2 Å². The first-order valence-electron chi connectivity index (χ1n) is 5.23. The SMILES string of the molecule is CN(C(=O)Nc1ccnc(Cl)c1)c1ccncc1. The van der Waals surface area contributed by atoms with Crippen LogP contribution in [0, 0.1) is 0 Å². The first-order chi connectivity index (χ1) is 8.66. The van der Waals surface area contributed by atoms with Crippen LogP contribution in [0.3, 0.4) is 0 Å². The molecule has 0 saturated carbocycles. The molecule has 92 valence electrons. The number of carbonyl (C=O) groups excluding carboxylic acids is 1. The minimum Gasteiger partial charge on any atom is -0.307 e. The molecule has 0 atom stereocenters. The van der Waals surface area contributed by atoms with E-state index in [2.05, 4.69) is 15.3 Å². The molecule has 0 aliphatic heterocycles. The van der Waals surface area contributed by atoms with Crippen molar-refractivity contribution in [2.75, 3.05) is 17.3 Å². The molecule has 2 aromatic heterocycles. The van der Waals surface area contributed by atoms with E-state index in [1.807, 2.05) is 0 Å². The lowest BCUT2D eigenvalue weighted by Gasteiger charge is -2.17. The lowest BCUT2D eigenvalue weighted by Crippen LogP contribution is -2.31. The number of carbonyl (C=O) groups is 1. The van der Waals surface area contributed by atoms with Gasteiger partial charge in [0.2, 0.25) is 0 Å². The Labute approximate surface area is 109 Å². The third kappa shape index (κ3) is 2.95. The van der Waals surface area contributed by atoms with Crippen molar-refractivity contribution in [1.29, 1.82) is 0 Å². The number of hydrogen-bond acceptors (Lipinski definition) is 3. The quantitative estimate of drug-likeness (QED) is 0.847. The Morgan fingerprint density at radius 3 is 2.67 bits per heavy atom. The van der Waals surface area contributed by atoms with Crippen molar-refractivity contribution in [3.63, 3.8) is 0 Å². The van der Waals surface area contributed by atoms with E-state index in [0.29, 0.717) is 10.8 Å². The van der Waals surface area contributed by atoms with Crippen LogP contribution in [-0.2, 0) is 0 Å². The maximum Gasteiger partial charge on any atom is 0.326 e. The zero-order valence-corrected chi connectivity index (χ0v) is 10.4. The summed E-state index contributed by atoms with van der Waals surface area (Å²) in [6, 6.07) is 6.49. The Hall–Kier alpha value is -2.14. The van der Waals surface area contributed by atoms with Gasteiger partial charge in [-0.15, -0.1) is 0 Å². The van der Waals surface area contributed by atoms with Crippen molar-refractivity contribution < 1.29 is 4.79 Å². The van der Waals surface area contributed by atoms with E-state index in [-0.39, 0.29) is 6.03 Å². The highest BCUT2D eigenvalue weighted by Crippen LogP contribution is 2.15. The third-order valence-corrected chi connectivity index (χ3v) is 2.54. The molecule has 0 bridgehead atoms. The smallest absolute Gasteiger partial charge is 0.307 e. The minimum atomic E-state index is -0.261. The lowest BCUT2D eigenvalue weighted by molar-refractivity contribution is 0.258. The summed E-state index contributed by atoms with van der Waals surface area (Å²) in [6.45, 7) is 0. The van der Waals surface area contributed by atoms with Gasteiger partial charge in [-0.3, -0.25) is 9.88 Å². The number of urea groups is 1. The summed E-state index contributed by atoms with van der Waals surface area (Å²) in [7, 11) is 1.67. The van der Waals surface area contributed by atoms with Crippen LogP contribution in [0.25, 0.3) is 0 Å². The fraction of sp³-hybridized carbons (Fsp3) is 0.0833. The number of aromatic nitrogens is 2. The standard InChI is InChI=1S/C12H11ClN4O/c1-17(10-3-5-14-6-4-10)12(18)16-9-2-7-15-11(13)8-9/h2-8H,1H3,(H,15,16,18). The largest absolute Gasteiger partial charge is 0.326 e. The van der Waals surface area contributed by atoms with E-state index >= 15 is 0 Å². The van der Waals surface area contributed by atoms with Crippen LogP contribution in [0.2, 0.25) is 5.15 Å². The van der Waals surface area contributed by atoms with Gasteiger partial charge in [-0.05, 0) is 24.3 Å². The summed E-state index contributed by atoms with van der Waals surface area (Å²) in [4.78, 5) is 21.2. The van der Waals surface area contributed by atoms with Crippen molar-refractivity contribution in [2.45, 2.75) is 0 Å². The molecule has 0 aliphatic rings. The Bertz CT molecular complexity index is 547. The average molecular weight is 263 g/mol. The van der Waals surface area contributed by atoms with Crippen molar-refractivity contribution >= 4 is 29.0 Å². The molecule has 0 spiro atoms. The molecule has 0 radical (unpaired) electrons. The first-order valence-corrected chi connectivity index (χ1v) is 5.61. The number of nitrogens with one attached hydrogen (secondary N) is 1. The minimum absolute atomic E-state index is 0.261. The molecular formula is C12H11ClN4O. The molecule has 1 N–H and O–H groups in total. The van der Waals surface area contributed by atoms with Crippen molar-refractivity contribution in [3.05, 3.63) is 48.0 Å². The fourth-order valence-corrected chi connectivity index (χ4v) is 1.55. The van der Waals surface area contributed by atoms with Crippen LogP contribution in [0.5, 0.6) is 0 Å². The van der Waals surface area contributed by atoms with Gasteiger partial charge in [0, 0.05) is 37.0 Å². The topological polar surface area (TPSA) is 58.1 Å². The summed E-state index contributed by atoms with van der Waals surface area (Å²) in [6.07, 6.45) is 4.79. The molecule has 0 fully saturated rings. The highest BCUT2D eigenvalue weighted by Gasteiger charge is 2.10. The average Bonchev–Trinajstić information content (AvgIpc) is 2.39. The van der Waals surface area contributed by atoms with Gasteiger partial charge in [0.05, 0.1) is 0 Å². The van der Waals surface area contributed by atoms with Crippen molar-refractivity contribution in [3.8, 4) is 0 Å². The number of rotatable bonds is 2. The second-order valence-corrected chi connectivity index (χ2v) is 3.95. The molecule has 2 aromatic rings. The zero-order valence-electron chi connectivity index (χ0n) is 9.67. The number of pyridine rings is 2. The molecule has 6 heteroatoms. The van der Waals surface area contributed by atoms with Gasteiger partial charge >= 0.3 is 6.03 Å². The Balaban J connectivity index is 2.09. The van der Waals surface area contributed by atoms with E-state index < -0.39 is 0 Å². The van der Waals surface area contributed by atoms with E-state index in [0.717, 1.165) is 5.69 Å². The maximum absolute atomic E-state index is 12.0. The van der Waals surface area contributed by atoms with Gasteiger partial charge in [-0.1, -0.05) is 11.6 Å². The first kappa shape index (κ1) is 12.3. The molecule has 5 nitrogen and oxygen atoms in total. The Kier molecular flexibility index (Phi) is 3.74. The fourth-order valence-electron chi connectivity index (χ4n) is 1.37. The van der Waals surface area contributed by atoms with Crippen LogP contribution < -0.4 is 10.2 Å². The zero-order chi connectivity index (χ0) is 13.0. The van der Waals surface area contributed by atoms with Crippen molar-refractivity contribution in [1.82, 2.24) is 9.97 Å². The molecule has 0 unspecified atom stereocenters. The van der Waals surface area contributed by atoms with Crippen LogP contribution >= 0.6 is 11.6 Å². The summed E-state index contributed by atoms with van der Waals surface area (Å²) in [5.41, 5.74) is 1.35. The van der Waals surface area contributed by atoms with Crippen LogP contribution in [0.1, 0.15) is 0 Å². The Morgan fingerprint density at radius 2 is 2.00 bits per heavy atom. The van der Waals surface area contributed by atoms with Gasteiger partial charge in [0.15, 0.2) is 0 Å². The maximum atomic E-state index is 12.0. The van der Waals surface area contributed by atoms with Gasteiger partial charge in [0.25, 0.3) is 0 Å². The summed E-state index contributed by atoms with van der Waals surface area (Å²) >= 11 is 5.74. The third-order valence-electron chi connectivity index (χ3n) is 2.33. The van der Waals surface area contributed by atoms with Crippen molar-refractivity contribution in [2.24, 2.45) is 0 Å². The van der Waals surface area contributed by atoms with Gasteiger partial charge in [-0.25, -0.2) is 9.78 Å². The number of halogens is 1. The number of anilines is 2. The van der Waals surface area contributed by atoms with Crippen LogP contribution in [0.15, 0.2) is 42.9 Å². The molecule has 2 amide bonds. The molecule has 0 saturated heterocycles. The summed E-state index contributed by atoms with van der Waals surface area (Å²) in [5.74, 6) is 0. The number of amides is 2. The summed E-state index contributed by atoms with van der Waals surface area (Å²) in [5, 5.41) is 3.06. The highest BCUT2D eigenvalue weighted by molar-refractivity contribution is 6.29. The molecule has 18 heavy (non-hydrogen) atoms. The molecule has 2 heterocycles. The van der Waals surface area contributed by atoms with Gasteiger partial charge in [0.1, 0.15) is 5.15 Å². The van der Waals surface area contributed by atoms with Crippen LogP contribution in [-0.4, -0.2) is 23.0 Å². The second kappa shape index (κ2) is 5.46. The molecule has 0 aromatic carbocycles. The van der Waals surface area contributed by atoms with Gasteiger partial charge < -0.3 is 5.32 Å². The highest BCUT2D eigenvalue weighted by atomic mass is 35.5. The van der Waals surface area contributed by atoms with E-state index in [1.54, 1.807) is 43.7 Å². The number of hydrogen-bond donors (Lipinski definition) is 1. The van der Waals surface area contributed by atoms with E-state index in [4.69, 9.17) is 11.6 Å². The predicted octanol–water partition coefficient (Wildman–Crippen LogP) is 2.80. The summed E-state index contributed by atoms with van der Waals surface area (Å²) < 4.78 is 0. The number of nitrogens with zero attached hydrogens (tertiary/aromatic N) is 3. The van der Waals surface area contributed by atoms with E-state index in [1.165, 1.54) is 11.1 Å². The normalized spacial score (nSPS) is 9.89. The monoisotopic (exact) mass is 262 g/mol. The lowest BCUT2D eigenvalue weighted by atomic mass is 10.4. The molecule has 2 rings (SSSR count). The second-order valence-electron chi connectivity index (χ2n) is 3.56. The van der Waals surface area contributed by atoms with E-state index in [9.17, 15) is 4.79 Å². The molecule has 0 aliphatic carbocycles. The Morgan fingerprint density at radius 1 is 1.28 bits per heavy atom. The predicted molar refractivity (Wildman–Crippen MR) is 70.9 cm³/mol. The van der Waals surface area contributed by atoms with Gasteiger partial charge in [-0.2, -0.15) is 0 Å². The molecular weight excluding hydrogens is 252 g/mol.